The lowest BCUT2D eigenvalue weighted by molar-refractivity contribution is -0.145. The Hall–Kier alpha value is -2.53. The summed E-state index contributed by atoms with van der Waals surface area (Å²) in [5.74, 6) is -0.428. The van der Waals surface area contributed by atoms with Crippen LogP contribution in [0.2, 0.25) is 5.02 Å². The first-order valence-corrected chi connectivity index (χ1v) is 7.43. The molecule has 2 aromatic rings. The van der Waals surface area contributed by atoms with Gasteiger partial charge in [0.05, 0.1) is 12.5 Å². The van der Waals surface area contributed by atoms with Crippen molar-refractivity contribution in [3.05, 3.63) is 70.7 Å². The number of carbonyl (C=O) groups excluding carboxylic acids is 2. The van der Waals surface area contributed by atoms with Crippen molar-refractivity contribution in [2.75, 3.05) is 0 Å². The number of hydrogen-bond donors (Lipinski definition) is 2. The van der Waals surface area contributed by atoms with Crippen LogP contribution >= 0.6 is 11.6 Å². The maximum Gasteiger partial charge on any atom is 0.312 e. The minimum Gasteiger partial charge on any atom is -0.461 e. The monoisotopic (exact) mass is 332 g/mol. The van der Waals surface area contributed by atoms with Crippen LogP contribution in [0.25, 0.3) is 0 Å². The molecule has 0 saturated carbocycles. The van der Waals surface area contributed by atoms with E-state index in [4.69, 9.17) is 22.1 Å². The van der Waals surface area contributed by atoms with Crippen LogP contribution in [0.4, 0.5) is 4.79 Å². The molecule has 0 aliphatic heterocycles. The number of primary amides is 1. The van der Waals surface area contributed by atoms with Crippen molar-refractivity contribution in [1.29, 1.82) is 0 Å². The predicted molar refractivity (Wildman–Crippen MR) is 87.8 cm³/mol. The molecular formula is C17H17ClN2O3. The summed E-state index contributed by atoms with van der Waals surface area (Å²) in [7, 11) is 0. The number of nitrogens with one attached hydrogen (secondary N) is 1. The van der Waals surface area contributed by atoms with E-state index >= 15 is 0 Å². The summed E-state index contributed by atoms with van der Waals surface area (Å²) in [6.45, 7) is 0.184. The Kier molecular flexibility index (Phi) is 6.00. The summed E-state index contributed by atoms with van der Waals surface area (Å²) < 4.78 is 5.23. The second-order valence-electron chi connectivity index (χ2n) is 4.96. The molecule has 0 bridgehead atoms. The van der Waals surface area contributed by atoms with Crippen LogP contribution in [0.15, 0.2) is 54.6 Å². The number of hydrogen-bond acceptors (Lipinski definition) is 3. The fourth-order valence-electron chi connectivity index (χ4n) is 2.08. The first-order chi connectivity index (χ1) is 11.0. The van der Waals surface area contributed by atoms with Crippen molar-refractivity contribution in [2.24, 2.45) is 5.73 Å². The average molecular weight is 333 g/mol. The molecule has 0 aliphatic rings. The van der Waals surface area contributed by atoms with Gasteiger partial charge in [0.1, 0.15) is 6.61 Å². The number of halogens is 1. The Bertz CT molecular complexity index is 659. The maximum atomic E-state index is 12.0. The molecule has 5 nitrogen and oxygen atoms in total. The first kappa shape index (κ1) is 16.8. The van der Waals surface area contributed by atoms with Gasteiger partial charge < -0.3 is 15.8 Å². The summed E-state index contributed by atoms with van der Waals surface area (Å²) in [6, 6.07) is 14.9. The first-order valence-electron chi connectivity index (χ1n) is 7.05. The molecule has 1 atom stereocenters. The fraction of sp³-hybridized carbons (Fsp3) is 0.176. The second-order valence-corrected chi connectivity index (χ2v) is 5.40. The number of rotatable bonds is 6. The van der Waals surface area contributed by atoms with Gasteiger partial charge in [-0.25, -0.2) is 4.79 Å². The van der Waals surface area contributed by atoms with Crippen LogP contribution in [0, 0.1) is 0 Å². The van der Waals surface area contributed by atoms with E-state index in [-0.39, 0.29) is 13.0 Å². The summed E-state index contributed by atoms with van der Waals surface area (Å²) in [5.41, 5.74) is 6.79. The zero-order chi connectivity index (χ0) is 16.7. The minimum absolute atomic E-state index is 0.0165. The molecule has 0 radical (unpaired) electrons. The lowest BCUT2D eigenvalue weighted by atomic mass is 10.0. The number of ether oxygens (including phenoxy) is 1. The maximum absolute atomic E-state index is 12.0. The molecule has 23 heavy (non-hydrogen) atoms. The highest BCUT2D eigenvalue weighted by Crippen LogP contribution is 2.20. The van der Waals surface area contributed by atoms with Crippen LogP contribution in [0.1, 0.15) is 23.6 Å². The fourth-order valence-corrected chi connectivity index (χ4v) is 2.21. The van der Waals surface area contributed by atoms with Gasteiger partial charge in [-0.15, -0.1) is 0 Å². The highest BCUT2D eigenvalue weighted by molar-refractivity contribution is 6.30. The third-order valence-corrected chi connectivity index (χ3v) is 3.45. The molecular weight excluding hydrogens is 316 g/mol. The van der Waals surface area contributed by atoms with E-state index in [2.05, 4.69) is 5.32 Å². The Labute approximate surface area is 139 Å². The Balaban J connectivity index is 1.98. The third-order valence-electron chi connectivity index (χ3n) is 3.20. The number of amides is 2. The molecule has 120 valence electrons. The van der Waals surface area contributed by atoms with Crippen LogP contribution < -0.4 is 11.1 Å². The Morgan fingerprint density at radius 3 is 2.35 bits per heavy atom. The number of esters is 1. The molecule has 1 unspecified atom stereocenters. The van der Waals surface area contributed by atoms with Crippen LogP contribution in [0.5, 0.6) is 0 Å². The lowest BCUT2D eigenvalue weighted by Gasteiger charge is -2.17. The van der Waals surface area contributed by atoms with Crippen molar-refractivity contribution in [3.63, 3.8) is 0 Å². The average Bonchev–Trinajstić information content (AvgIpc) is 2.53. The van der Waals surface area contributed by atoms with E-state index in [1.54, 1.807) is 24.3 Å². The standard InChI is InChI=1S/C17H17ClN2O3/c18-14-8-6-13(7-9-14)15(20-17(19)22)10-16(21)23-11-12-4-2-1-3-5-12/h1-9,15H,10-11H2,(H3,19,20,22). The van der Waals surface area contributed by atoms with E-state index in [0.29, 0.717) is 5.02 Å². The van der Waals surface area contributed by atoms with Gasteiger partial charge >= 0.3 is 12.0 Å². The lowest BCUT2D eigenvalue weighted by Crippen LogP contribution is -2.34. The van der Waals surface area contributed by atoms with Gasteiger partial charge in [-0.3, -0.25) is 4.79 Å². The number of urea groups is 1. The largest absolute Gasteiger partial charge is 0.461 e. The zero-order valence-corrected chi connectivity index (χ0v) is 13.1. The Morgan fingerprint density at radius 1 is 1.09 bits per heavy atom. The summed E-state index contributed by atoms with van der Waals surface area (Å²) in [4.78, 5) is 23.2. The number of nitrogens with two attached hydrogens (primary N) is 1. The van der Waals surface area contributed by atoms with Crippen LogP contribution in [0.3, 0.4) is 0 Å². The van der Waals surface area contributed by atoms with Crippen LogP contribution in [-0.4, -0.2) is 12.0 Å². The number of benzene rings is 2. The molecule has 2 rings (SSSR count). The third kappa shape index (κ3) is 5.64. The van der Waals surface area contributed by atoms with Crippen LogP contribution in [-0.2, 0) is 16.1 Å². The zero-order valence-electron chi connectivity index (χ0n) is 12.4. The molecule has 0 spiro atoms. The van der Waals surface area contributed by atoms with Gasteiger partial charge in [0, 0.05) is 5.02 Å². The van der Waals surface area contributed by atoms with Gasteiger partial charge in [0.2, 0.25) is 0 Å². The highest BCUT2D eigenvalue weighted by Gasteiger charge is 2.18. The summed E-state index contributed by atoms with van der Waals surface area (Å²) >= 11 is 5.84. The molecule has 0 heterocycles. The molecule has 2 amide bonds. The van der Waals surface area contributed by atoms with Gasteiger partial charge in [0.25, 0.3) is 0 Å². The SMILES string of the molecule is NC(=O)NC(CC(=O)OCc1ccccc1)c1ccc(Cl)cc1. The van der Waals surface area contributed by atoms with E-state index in [1.807, 2.05) is 30.3 Å². The summed E-state index contributed by atoms with van der Waals surface area (Å²) in [6.07, 6.45) is -0.0165. The predicted octanol–water partition coefficient (Wildman–Crippen LogP) is 3.18. The normalized spacial score (nSPS) is 11.5. The van der Waals surface area contributed by atoms with Gasteiger partial charge in [0.15, 0.2) is 0 Å². The quantitative estimate of drug-likeness (QED) is 0.797. The second kappa shape index (κ2) is 8.19. The molecule has 3 N–H and O–H groups in total. The van der Waals surface area contributed by atoms with Crippen molar-refractivity contribution < 1.29 is 14.3 Å². The summed E-state index contributed by atoms with van der Waals surface area (Å²) in [5, 5.41) is 3.11. The van der Waals surface area contributed by atoms with E-state index in [0.717, 1.165) is 11.1 Å². The van der Waals surface area contributed by atoms with Crippen molar-refractivity contribution in [1.82, 2.24) is 5.32 Å². The molecule has 0 saturated heterocycles. The van der Waals surface area contributed by atoms with E-state index in [1.165, 1.54) is 0 Å². The molecule has 6 heteroatoms. The van der Waals surface area contributed by atoms with Crippen molar-refractivity contribution >= 4 is 23.6 Å². The van der Waals surface area contributed by atoms with Gasteiger partial charge in [-0.05, 0) is 23.3 Å². The van der Waals surface area contributed by atoms with Crippen molar-refractivity contribution in [3.8, 4) is 0 Å². The van der Waals surface area contributed by atoms with E-state index < -0.39 is 18.0 Å². The molecule has 2 aromatic carbocycles. The minimum atomic E-state index is -0.708. The van der Waals surface area contributed by atoms with Gasteiger partial charge in [-0.2, -0.15) is 0 Å². The Morgan fingerprint density at radius 2 is 1.74 bits per heavy atom. The molecule has 0 aromatic heterocycles. The van der Waals surface area contributed by atoms with Crippen molar-refractivity contribution in [2.45, 2.75) is 19.1 Å². The molecule has 0 aliphatic carbocycles. The number of carbonyl (C=O) groups is 2. The highest BCUT2D eigenvalue weighted by atomic mass is 35.5. The van der Waals surface area contributed by atoms with E-state index in [9.17, 15) is 9.59 Å². The van der Waals surface area contributed by atoms with Gasteiger partial charge in [-0.1, -0.05) is 54.1 Å². The topological polar surface area (TPSA) is 81.4 Å². The smallest absolute Gasteiger partial charge is 0.312 e. The molecule has 0 fully saturated rings.